The van der Waals surface area contributed by atoms with Gasteiger partial charge < -0.3 is 20.4 Å². The number of nitro groups is 1. The molecule has 1 fully saturated rings. The van der Waals surface area contributed by atoms with Gasteiger partial charge in [-0.15, -0.1) is 0 Å². The third kappa shape index (κ3) is 3.58. The Morgan fingerprint density at radius 3 is 2.60 bits per heavy atom. The molecule has 0 aliphatic carbocycles. The third-order valence-corrected chi connectivity index (χ3v) is 3.50. The van der Waals surface area contributed by atoms with Gasteiger partial charge in [0.05, 0.1) is 4.92 Å². The van der Waals surface area contributed by atoms with E-state index in [1.807, 2.05) is 0 Å². The highest BCUT2D eigenvalue weighted by atomic mass is 16.6. The Morgan fingerprint density at radius 1 is 1.25 bits per heavy atom. The standard InChI is InChI=1S/C13H19N3O4/c17-12-9-13(18)11(16(19)20)8-10(12)2-1-5-15-6-3-14-4-7-15/h8-9,14,17-18H,1-7H2. The van der Waals surface area contributed by atoms with Crippen molar-refractivity contribution in [2.24, 2.45) is 0 Å². The molecule has 1 aromatic rings. The molecule has 7 heteroatoms. The molecule has 1 heterocycles. The van der Waals surface area contributed by atoms with E-state index >= 15 is 0 Å². The number of nitrogens with zero attached hydrogens (tertiary/aromatic N) is 2. The molecule has 0 unspecified atom stereocenters. The van der Waals surface area contributed by atoms with Crippen LogP contribution in [0.2, 0.25) is 0 Å². The monoisotopic (exact) mass is 281 g/mol. The maximum atomic E-state index is 10.8. The van der Waals surface area contributed by atoms with Gasteiger partial charge in [0.25, 0.3) is 0 Å². The first-order valence-corrected chi connectivity index (χ1v) is 6.70. The molecule has 1 aliphatic heterocycles. The second-order valence-corrected chi connectivity index (χ2v) is 4.92. The van der Waals surface area contributed by atoms with Crippen LogP contribution in [0.3, 0.4) is 0 Å². The summed E-state index contributed by atoms with van der Waals surface area (Å²) in [6.07, 6.45) is 1.37. The Labute approximate surface area is 117 Å². The summed E-state index contributed by atoms with van der Waals surface area (Å²) in [6.45, 7) is 4.87. The number of phenols is 2. The Kier molecular flexibility index (Phi) is 4.75. The first-order valence-electron chi connectivity index (χ1n) is 6.70. The molecule has 2 rings (SSSR count). The molecular weight excluding hydrogens is 262 g/mol. The first kappa shape index (κ1) is 14.5. The Hall–Kier alpha value is -1.86. The molecular formula is C13H19N3O4. The fourth-order valence-corrected chi connectivity index (χ4v) is 2.38. The molecule has 1 saturated heterocycles. The molecule has 0 bridgehead atoms. The van der Waals surface area contributed by atoms with E-state index in [2.05, 4.69) is 10.2 Å². The molecule has 1 aliphatic rings. The number of phenolic OH excluding ortho intramolecular Hbond substituents is 2. The summed E-state index contributed by atoms with van der Waals surface area (Å²) < 4.78 is 0. The minimum absolute atomic E-state index is 0.0894. The number of nitro benzene ring substituents is 1. The second-order valence-electron chi connectivity index (χ2n) is 4.92. The smallest absolute Gasteiger partial charge is 0.311 e. The molecule has 0 aromatic heterocycles. The van der Waals surface area contributed by atoms with Crippen LogP contribution in [0.4, 0.5) is 5.69 Å². The quantitative estimate of drug-likeness (QED) is 0.546. The van der Waals surface area contributed by atoms with Gasteiger partial charge in [-0.3, -0.25) is 10.1 Å². The van der Waals surface area contributed by atoms with Crippen LogP contribution in [0.15, 0.2) is 12.1 Å². The van der Waals surface area contributed by atoms with Crippen LogP contribution in [0.5, 0.6) is 11.5 Å². The van der Waals surface area contributed by atoms with E-state index in [1.165, 1.54) is 6.07 Å². The second kappa shape index (κ2) is 6.53. The fraction of sp³-hybridized carbons (Fsp3) is 0.538. The summed E-state index contributed by atoms with van der Waals surface area (Å²) in [5.74, 6) is -0.591. The van der Waals surface area contributed by atoms with Crippen LogP contribution in [0.25, 0.3) is 0 Å². The van der Waals surface area contributed by atoms with Crippen molar-refractivity contribution in [3.05, 3.63) is 27.8 Å². The molecule has 3 N–H and O–H groups in total. The molecule has 0 amide bonds. The van der Waals surface area contributed by atoms with Crippen LogP contribution in [-0.4, -0.2) is 52.8 Å². The lowest BCUT2D eigenvalue weighted by Crippen LogP contribution is -2.43. The van der Waals surface area contributed by atoms with Gasteiger partial charge in [-0.2, -0.15) is 0 Å². The van der Waals surface area contributed by atoms with E-state index in [9.17, 15) is 20.3 Å². The van der Waals surface area contributed by atoms with Gasteiger partial charge in [-0.25, -0.2) is 0 Å². The van der Waals surface area contributed by atoms with Crippen molar-refractivity contribution < 1.29 is 15.1 Å². The lowest BCUT2D eigenvalue weighted by Gasteiger charge is -2.27. The number of rotatable bonds is 5. The highest BCUT2D eigenvalue weighted by Crippen LogP contribution is 2.33. The number of benzene rings is 1. The fourth-order valence-electron chi connectivity index (χ4n) is 2.38. The number of hydrogen-bond donors (Lipinski definition) is 3. The van der Waals surface area contributed by atoms with Gasteiger partial charge in [0.2, 0.25) is 0 Å². The highest BCUT2D eigenvalue weighted by molar-refractivity contribution is 5.53. The SMILES string of the molecule is O=[N+]([O-])c1cc(CCCN2CCNCC2)c(O)cc1O. The Morgan fingerprint density at radius 2 is 1.95 bits per heavy atom. The van der Waals surface area contributed by atoms with Crippen molar-refractivity contribution in [3.63, 3.8) is 0 Å². The number of aromatic hydroxyl groups is 2. The van der Waals surface area contributed by atoms with Crippen molar-refractivity contribution in [1.82, 2.24) is 10.2 Å². The summed E-state index contributed by atoms with van der Waals surface area (Å²) in [5.41, 5.74) is 0.143. The number of piperazine rings is 1. The van der Waals surface area contributed by atoms with Gasteiger partial charge in [-0.1, -0.05) is 0 Å². The molecule has 7 nitrogen and oxygen atoms in total. The minimum atomic E-state index is -0.644. The lowest BCUT2D eigenvalue weighted by molar-refractivity contribution is -0.385. The van der Waals surface area contributed by atoms with Gasteiger partial charge in [0, 0.05) is 43.9 Å². The van der Waals surface area contributed by atoms with E-state index < -0.39 is 10.7 Å². The van der Waals surface area contributed by atoms with E-state index in [0.717, 1.165) is 45.2 Å². The van der Waals surface area contributed by atoms with Crippen LogP contribution in [0.1, 0.15) is 12.0 Å². The maximum absolute atomic E-state index is 10.8. The van der Waals surface area contributed by atoms with Crippen LogP contribution in [0, 0.1) is 10.1 Å². The summed E-state index contributed by atoms with van der Waals surface area (Å²) in [4.78, 5) is 12.4. The summed E-state index contributed by atoms with van der Waals surface area (Å²) in [6, 6.07) is 2.29. The van der Waals surface area contributed by atoms with Crippen LogP contribution in [-0.2, 0) is 6.42 Å². The number of hydrogen-bond acceptors (Lipinski definition) is 6. The Balaban J connectivity index is 1.94. The number of nitrogens with one attached hydrogen (secondary N) is 1. The minimum Gasteiger partial charge on any atom is -0.508 e. The van der Waals surface area contributed by atoms with Gasteiger partial charge >= 0.3 is 5.69 Å². The first-order chi connectivity index (χ1) is 9.58. The van der Waals surface area contributed by atoms with Gasteiger partial charge in [0.1, 0.15) is 5.75 Å². The van der Waals surface area contributed by atoms with Crippen molar-refractivity contribution in [2.75, 3.05) is 32.7 Å². The van der Waals surface area contributed by atoms with Crippen molar-refractivity contribution in [2.45, 2.75) is 12.8 Å². The predicted molar refractivity (Wildman–Crippen MR) is 74.1 cm³/mol. The van der Waals surface area contributed by atoms with Crippen molar-refractivity contribution >= 4 is 5.69 Å². The van der Waals surface area contributed by atoms with Crippen LogP contribution < -0.4 is 5.32 Å². The van der Waals surface area contributed by atoms with E-state index in [0.29, 0.717) is 12.0 Å². The summed E-state index contributed by atoms with van der Waals surface area (Å²) in [5, 5.41) is 33.2. The van der Waals surface area contributed by atoms with Gasteiger partial charge in [-0.05, 0) is 19.4 Å². The molecule has 0 radical (unpaired) electrons. The van der Waals surface area contributed by atoms with Gasteiger partial charge in [0.15, 0.2) is 5.75 Å². The average Bonchev–Trinajstić information content (AvgIpc) is 2.42. The predicted octanol–water partition coefficient (Wildman–Crippen LogP) is 0.844. The third-order valence-electron chi connectivity index (χ3n) is 3.50. The zero-order valence-corrected chi connectivity index (χ0v) is 11.2. The summed E-state index contributed by atoms with van der Waals surface area (Å²) >= 11 is 0. The van der Waals surface area contributed by atoms with E-state index in [1.54, 1.807) is 0 Å². The Bertz CT molecular complexity index is 487. The lowest BCUT2D eigenvalue weighted by atomic mass is 10.1. The molecule has 20 heavy (non-hydrogen) atoms. The normalized spacial score (nSPS) is 16.2. The van der Waals surface area contributed by atoms with Crippen LogP contribution >= 0.6 is 0 Å². The van der Waals surface area contributed by atoms with E-state index in [4.69, 9.17) is 0 Å². The molecule has 0 spiro atoms. The largest absolute Gasteiger partial charge is 0.508 e. The zero-order chi connectivity index (χ0) is 14.5. The van der Waals surface area contributed by atoms with Crippen molar-refractivity contribution in [1.29, 1.82) is 0 Å². The molecule has 1 aromatic carbocycles. The van der Waals surface area contributed by atoms with E-state index in [-0.39, 0.29) is 11.4 Å². The number of aryl methyl sites for hydroxylation is 1. The average molecular weight is 281 g/mol. The molecule has 110 valence electrons. The zero-order valence-electron chi connectivity index (χ0n) is 11.2. The summed E-state index contributed by atoms with van der Waals surface area (Å²) in [7, 11) is 0. The van der Waals surface area contributed by atoms with Crippen molar-refractivity contribution in [3.8, 4) is 11.5 Å². The highest BCUT2D eigenvalue weighted by Gasteiger charge is 2.17. The molecule has 0 atom stereocenters. The maximum Gasteiger partial charge on any atom is 0.311 e. The topological polar surface area (TPSA) is 98.9 Å². The molecule has 0 saturated carbocycles.